The SMILES string of the molecule is Nc1ncc2cc(Cl)c(N3CCN([C@@H]4COC[C@@H]4O)CC3)cc2n1. The van der Waals surface area contributed by atoms with Gasteiger partial charge in [-0.25, -0.2) is 9.97 Å². The van der Waals surface area contributed by atoms with Crippen molar-refractivity contribution in [1.82, 2.24) is 14.9 Å². The number of nitrogens with zero attached hydrogens (tertiary/aromatic N) is 4. The van der Waals surface area contributed by atoms with Crippen LogP contribution in [0, 0.1) is 0 Å². The number of aromatic nitrogens is 2. The van der Waals surface area contributed by atoms with Crippen LogP contribution < -0.4 is 10.6 Å². The number of nitrogen functional groups attached to an aromatic ring is 1. The van der Waals surface area contributed by atoms with Gasteiger partial charge >= 0.3 is 0 Å². The number of hydrogen-bond donors (Lipinski definition) is 2. The molecular weight excluding hydrogens is 330 g/mol. The molecule has 0 radical (unpaired) electrons. The molecule has 0 spiro atoms. The molecule has 24 heavy (non-hydrogen) atoms. The van der Waals surface area contributed by atoms with Crippen molar-refractivity contribution in [2.24, 2.45) is 0 Å². The average molecular weight is 350 g/mol. The van der Waals surface area contributed by atoms with Gasteiger partial charge in [-0.15, -0.1) is 0 Å². The number of rotatable bonds is 2. The van der Waals surface area contributed by atoms with Gasteiger partial charge in [0.25, 0.3) is 0 Å². The first-order chi connectivity index (χ1) is 11.6. The third kappa shape index (κ3) is 2.88. The predicted octanol–water partition coefficient (Wildman–Crippen LogP) is 0.747. The van der Waals surface area contributed by atoms with E-state index in [-0.39, 0.29) is 18.1 Å². The fourth-order valence-corrected chi connectivity index (χ4v) is 3.76. The highest BCUT2D eigenvalue weighted by molar-refractivity contribution is 6.34. The van der Waals surface area contributed by atoms with E-state index in [1.54, 1.807) is 6.20 Å². The Hall–Kier alpha value is -1.67. The minimum absolute atomic E-state index is 0.103. The molecule has 2 aliphatic rings. The monoisotopic (exact) mass is 349 g/mol. The summed E-state index contributed by atoms with van der Waals surface area (Å²) >= 11 is 6.46. The lowest BCUT2D eigenvalue weighted by molar-refractivity contribution is 0.0785. The Morgan fingerprint density at radius 2 is 2.00 bits per heavy atom. The van der Waals surface area contributed by atoms with Crippen molar-refractivity contribution in [3.05, 3.63) is 23.4 Å². The van der Waals surface area contributed by atoms with E-state index in [0.29, 0.717) is 18.2 Å². The van der Waals surface area contributed by atoms with Crippen LogP contribution in [0.1, 0.15) is 0 Å². The maximum atomic E-state index is 9.99. The molecule has 2 aromatic rings. The molecule has 4 rings (SSSR count). The summed E-state index contributed by atoms with van der Waals surface area (Å²) in [6.45, 7) is 4.46. The van der Waals surface area contributed by atoms with Crippen LogP contribution in [0.3, 0.4) is 0 Å². The molecule has 7 nitrogen and oxygen atoms in total. The maximum Gasteiger partial charge on any atom is 0.220 e. The Morgan fingerprint density at radius 1 is 1.21 bits per heavy atom. The lowest BCUT2D eigenvalue weighted by Gasteiger charge is -2.39. The van der Waals surface area contributed by atoms with Gasteiger partial charge < -0.3 is 20.5 Å². The van der Waals surface area contributed by atoms with E-state index >= 15 is 0 Å². The van der Waals surface area contributed by atoms with Crippen LogP contribution in [-0.4, -0.2) is 71.5 Å². The van der Waals surface area contributed by atoms with E-state index in [1.165, 1.54) is 0 Å². The number of nitrogens with two attached hydrogens (primary N) is 1. The molecule has 128 valence electrons. The smallest absolute Gasteiger partial charge is 0.220 e. The zero-order valence-corrected chi connectivity index (χ0v) is 14.0. The lowest BCUT2D eigenvalue weighted by atomic mass is 10.1. The second-order valence-corrected chi connectivity index (χ2v) is 6.69. The van der Waals surface area contributed by atoms with Gasteiger partial charge in [-0.2, -0.15) is 0 Å². The van der Waals surface area contributed by atoms with Gasteiger partial charge in [-0.3, -0.25) is 4.90 Å². The van der Waals surface area contributed by atoms with E-state index in [1.807, 2.05) is 12.1 Å². The van der Waals surface area contributed by atoms with E-state index in [2.05, 4.69) is 19.8 Å². The number of benzene rings is 1. The standard InChI is InChI=1S/C16H20ClN5O2/c17-11-5-10-7-19-16(18)20-12(10)6-13(11)21-1-3-22(4-2-21)14-8-24-9-15(14)23/h5-7,14-15,23H,1-4,8-9H2,(H2,18,19,20)/t14-,15+/m1/s1. The Bertz CT molecular complexity index is 751. The summed E-state index contributed by atoms with van der Waals surface area (Å²) in [5.41, 5.74) is 7.44. The van der Waals surface area contributed by atoms with Gasteiger partial charge in [0.1, 0.15) is 0 Å². The van der Waals surface area contributed by atoms with Crippen molar-refractivity contribution in [2.75, 3.05) is 50.0 Å². The zero-order chi connectivity index (χ0) is 16.7. The van der Waals surface area contributed by atoms with Gasteiger partial charge in [0, 0.05) is 37.8 Å². The highest BCUT2D eigenvalue weighted by Crippen LogP contribution is 2.31. The first-order valence-corrected chi connectivity index (χ1v) is 8.46. The number of hydrogen-bond acceptors (Lipinski definition) is 7. The van der Waals surface area contributed by atoms with Crippen LogP contribution in [0.15, 0.2) is 18.3 Å². The van der Waals surface area contributed by atoms with Gasteiger partial charge in [0.05, 0.1) is 41.6 Å². The van der Waals surface area contributed by atoms with Crippen LogP contribution in [-0.2, 0) is 4.74 Å². The number of aliphatic hydroxyl groups is 1. The Balaban J connectivity index is 1.52. The molecule has 8 heteroatoms. The molecule has 1 aromatic carbocycles. The second kappa shape index (κ2) is 6.33. The molecule has 0 amide bonds. The molecule has 2 fully saturated rings. The molecule has 2 atom stereocenters. The van der Waals surface area contributed by atoms with Crippen molar-refractivity contribution in [2.45, 2.75) is 12.1 Å². The van der Waals surface area contributed by atoms with E-state index in [0.717, 1.165) is 42.8 Å². The number of ether oxygens (including phenoxy) is 1. The lowest BCUT2D eigenvalue weighted by Crippen LogP contribution is -2.53. The second-order valence-electron chi connectivity index (χ2n) is 6.29. The maximum absolute atomic E-state index is 9.99. The molecule has 0 saturated carbocycles. The number of fused-ring (bicyclic) bond motifs is 1. The third-order valence-electron chi connectivity index (χ3n) is 4.81. The van der Waals surface area contributed by atoms with Gasteiger partial charge in [-0.05, 0) is 12.1 Å². The van der Waals surface area contributed by atoms with Crippen molar-refractivity contribution < 1.29 is 9.84 Å². The number of anilines is 2. The van der Waals surface area contributed by atoms with Crippen LogP contribution in [0.4, 0.5) is 11.6 Å². The number of halogens is 1. The Labute approximate surface area is 145 Å². The molecule has 0 unspecified atom stereocenters. The predicted molar refractivity (Wildman–Crippen MR) is 93.4 cm³/mol. The fourth-order valence-electron chi connectivity index (χ4n) is 3.47. The molecular formula is C16H20ClN5O2. The summed E-state index contributed by atoms with van der Waals surface area (Å²) in [5.74, 6) is 0.260. The fraction of sp³-hybridized carbons (Fsp3) is 0.500. The van der Waals surface area contributed by atoms with E-state index < -0.39 is 0 Å². The molecule has 3 N–H and O–H groups in total. The van der Waals surface area contributed by atoms with E-state index in [9.17, 15) is 5.11 Å². The van der Waals surface area contributed by atoms with E-state index in [4.69, 9.17) is 22.1 Å². The summed E-state index contributed by atoms with van der Waals surface area (Å²) in [7, 11) is 0. The minimum atomic E-state index is -0.388. The third-order valence-corrected chi connectivity index (χ3v) is 5.12. The van der Waals surface area contributed by atoms with Crippen LogP contribution in [0.25, 0.3) is 10.9 Å². The molecule has 2 aliphatic heterocycles. The quantitative estimate of drug-likeness (QED) is 0.827. The summed E-state index contributed by atoms with van der Waals surface area (Å²) in [4.78, 5) is 12.8. The Morgan fingerprint density at radius 3 is 2.71 bits per heavy atom. The van der Waals surface area contributed by atoms with Gasteiger partial charge in [0.15, 0.2) is 0 Å². The molecule has 0 bridgehead atoms. The summed E-state index contributed by atoms with van der Waals surface area (Å²) < 4.78 is 5.36. The molecule has 2 saturated heterocycles. The molecule has 3 heterocycles. The summed E-state index contributed by atoms with van der Waals surface area (Å²) in [5, 5.41) is 11.6. The Kier molecular flexibility index (Phi) is 4.17. The number of piperazine rings is 1. The normalized spacial score (nSPS) is 25.5. The highest BCUT2D eigenvalue weighted by atomic mass is 35.5. The zero-order valence-electron chi connectivity index (χ0n) is 13.2. The minimum Gasteiger partial charge on any atom is -0.389 e. The van der Waals surface area contributed by atoms with Crippen molar-refractivity contribution in [1.29, 1.82) is 0 Å². The first kappa shape index (κ1) is 15.8. The average Bonchev–Trinajstić information content (AvgIpc) is 3.01. The van der Waals surface area contributed by atoms with Gasteiger partial charge in [-0.1, -0.05) is 11.6 Å². The van der Waals surface area contributed by atoms with Crippen LogP contribution in [0.2, 0.25) is 5.02 Å². The molecule has 1 aromatic heterocycles. The van der Waals surface area contributed by atoms with Crippen molar-refractivity contribution in [3.8, 4) is 0 Å². The summed E-state index contributed by atoms with van der Waals surface area (Å²) in [6, 6.07) is 3.96. The van der Waals surface area contributed by atoms with Crippen LogP contribution in [0.5, 0.6) is 0 Å². The summed E-state index contributed by atoms with van der Waals surface area (Å²) in [6.07, 6.45) is 1.30. The molecule has 0 aliphatic carbocycles. The van der Waals surface area contributed by atoms with Crippen LogP contribution >= 0.6 is 11.6 Å². The van der Waals surface area contributed by atoms with Crippen molar-refractivity contribution in [3.63, 3.8) is 0 Å². The van der Waals surface area contributed by atoms with Crippen molar-refractivity contribution >= 4 is 34.1 Å². The highest BCUT2D eigenvalue weighted by Gasteiger charge is 2.33. The van der Waals surface area contributed by atoms with Gasteiger partial charge in [0.2, 0.25) is 5.95 Å². The first-order valence-electron chi connectivity index (χ1n) is 8.08. The largest absolute Gasteiger partial charge is 0.389 e. The topological polar surface area (TPSA) is 87.7 Å². The number of aliphatic hydroxyl groups excluding tert-OH is 1.